The maximum absolute atomic E-state index is 12.6. The summed E-state index contributed by atoms with van der Waals surface area (Å²) in [6.07, 6.45) is -0.892. The highest BCUT2D eigenvalue weighted by Gasteiger charge is 2.26. The topological polar surface area (TPSA) is 64.6 Å². The van der Waals surface area contributed by atoms with Crippen LogP contribution in [-0.2, 0) is 16.1 Å². The number of esters is 1. The van der Waals surface area contributed by atoms with E-state index in [9.17, 15) is 9.59 Å². The van der Waals surface area contributed by atoms with Gasteiger partial charge in [-0.15, -0.1) is 11.3 Å². The molecule has 1 aliphatic heterocycles. The first kappa shape index (κ1) is 19.2. The second-order valence-electron chi connectivity index (χ2n) is 6.94. The molecule has 3 aromatic rings. The number of ether oxygens (including phenoxy) is 2. The lowest BCUT2D eigenvalue weighted by molar-refractivity contribution is -0.129. The van der Waals surface area contributed by atoms with Crippen LogP contribution in [0.25, 0.3) is 10.4 Å². The van der Waals surface area contributed by atoms with Crippen LogP contribution in [0.15, 0.2) is 60.7 Å². The van der Waals surface area contributed by atoms with Gasteiger partial charge in [0.25, 0.3) is 5.91 Å². The monoisotopic (exact) mass is 407 g/mol. The SMILES string of the molecule is CC(OC(=O)c1cc2c(s1)-c1ccccc1OC2)C(=O)NC(C)c1ccccc1. The van der Waals surface area contributed by atoms with Crippen molar-refractivity contribution < 1.29 is 19.1 Å². The predicted octanol–water partition coefficient (Wildman–Crippen LogP) is 4.73. The number of hydrogen-bond acceptors (Lipinski definition) is 5. The van der Waals surface area contributed by atoms with Crippen LogP contribution in [0.2, 0.25) is 0 Å². The average Bonchev–Trinajstić information content (AvgIpc) is 3.19. The Morgan fingerprint density at radius 3 is 2.59 bits per heavy atom. The summed E-state index contributed by atoms with van der Waals surface area (Å²) < 4.78 is 11.2. The van der Waals surface area contributed by atoms with Crippen LogP contribution in [0, 0.1) is 0 Å². The smallest absolute Gasteiger partial charge is 0.349 e. The predicted molar refractivity (Wildman–Crippen MR) is 112 cm³/mol. The summed E-state index contributed by atoms with van der Waals surface area (Å²) in [7, 11) is 0. The molecule has 0 radical (unpaired) electrons. The lowest BCUT2D eigenvalue weighted by atomic mass is 10.1. The summed E-state index contributed by atoms with van der Waals surface area (Å²) in [6, 6.07) is 19.0. The zero-order valence-corrected chi connectivity index (χ0v) is 17.0. The number of nitrogens with one attached hydrogen (secondary N) is 1. The van der Waals surface area contributed by atoms with Crippen LogP contribution in [-0.4, -0.2) is 18.0 Å². The number of fused-ring (bicyclic) bond motifs is 3. The minimum atomic E-state index is -0.892. The Morgan fingerprint density at radius 2 is 1.79 bits per heavy atom. The molecule has 5 nitrogen and oxygen atoms in total. The number of hydrogen-bond donors (Lipinski definition) is 1. The van der Waals surface area contributed by atoms with Gasteiger partial charge < -0.3 is 14.8 Å². The minimum Gasteiger partial charge on any atom is -0.488 e. The molecule has 0 saturated heterocycles. The zero-order valence-electron chi connectivity index (χ0n) is 16.2. The molecule has 2 aromatic carbocycles. The summed E-state index contributed by atoms with van der Waals surface area (Å²) in [5.74, 6) is -0.0222. The summed E-state index contributed by atoms with van der Waals surface area (Å²) >= 11 is 1.36. The molecule has 0 spiro atoms. The molecule has 0 saturated carbocycles. The molecule has 2 unspecified atom stereocenters. The Bertz CT molecular complexity index is 1040. The largest absolute Gasteiger partial charge is 0.488 e. The summed E-state index contributed by atoms with van der Waals surface area (Å²) in [5.41, 5.74) is 2.92. The van der Waals surface area contributed by atoms with Gasteiger partial charge in [-0.1, -0.05) is 42.5 Å². The first-order valence-corrected chi connectivity index (χ1v) is 10.3. The average molecular weight is 407 g/mol. The molecule has 148 valence electrons. The van der Waals surface area contributed by atoms with Crippen molar-refractivity contribution >= 4 is 23.2 Å². The van der Waals surface area contributed by atoms with Crippen molar-refractivity contribution in [2.75, 3.05) is 0 Å². The molecule has 0 bridgehead atoms. The molecule has 1 aromatic heterocycles. The van der Waals surface area contributed by atoms with Crippen molar-refractivity contribution in [1.82, 2.24) is 5.32 Å². The fourth-order valence-electron chi connectivity index (χ4n) is 3.23. The third-order valence-corrected chi connectivity index (χ3v) is 6.03. The lowest BCUT2D eigenvalue weighted by Crippen LogP contribution is -2.37. The van der Waals surface area contributed by atoms with Gasteiger partial charge in [-0.05, 0) is 37.6 Å². The van der Waals surface area contributed by atoms with Gasteiger partial charge in [-0.25, -0.2) is 4.79 Å². The maximum atomic E-state index is 12.6. The Morgan fingerprint density at radius 1 is 1.07 bits per heavy atom. The molecule has 2 heterocycles. The third kappa shape index (κ3) is 4.03. The van der Waals surface area contributed by atoms with E-state index in [-0.39, 0.29) is 11.9 Å². The highest BCUT2D eigenvalue weighted by molar-refractivity contribution is 7.17. The molecule has 0 aliphatic carbocycles. The van der Waals surface area contributed by atoms with Gasteiger partial charge in [0.15, 0.2) is 6.10 Å². The number of benzene rings is 2. The quantitative estimate of drug-likeness (QED) is 0.621. The molecular formula is C23H21NO4S. The first-order chi connectivity index (χ1) is 14.0. The van der Waals surface area contributed by atoms with E-state index in [0.29, 0.717) is 11.5 Å². The Kier molecular flexibility index (Phi) is 5.36. The molecule has 4 rings (SSSR count). The van der Waals surface area contributed by atoms with Gasteiger partial charge in [-0.2, -0.15) is 0 Å². The summed E-state index contributed by atoms with van der Waals surface area (Å²) in [4.78, 5) is 26.5. The van der Waals surface area contributed by atoms with Crippen LogP contribution < -0.4 is 10.1 Å². The number of para-hydroxylation sites is 1. The Hall–Kier alpha value is -3.12. The molecule has 6 heteroatoms. The van der Waals surface area contributed by atoms with Gasteiger partial charge in [0, 0.05) is 16.0 Å². The lowest BCUT2D eigenvalue weighted by Gasteiger charge is -2.18. The number of carbonyl (C=O) groups excluding carboxylic acids is 2. The number of amides is 1. The Balaban J connectivity index is 1.42. The standard InChI is InChI=1S/C23H21NO4S/c1-14(16-8-4-3-5-9-16)24-22(25)15(2)28-23(26)20-12-17-13-27-19-11-7-6-10-18(19)21(17)29-20/h3-12,14-15H,13H2,1-2H3,(H,24,25). The van der Waals surface area contributed by atoms with Crippen LogP contribution in [0.1, 0.15) is 40.7 Å². The molecule has 1 amide bonds. The number of rotatable bonds is 5. The van der Waals surface area contributed by atoms with Gasteiger partial charge >= 0.3 is 5.97 Å². The molecule has 29 heavy (non-hydrogen) atoms. The van der Waals surface area contributed by atoms with Crippen LogP contribution in [0.3, 0.4) is 0 Å². The summed E-state index contributed by atoms with van der Waals surface area (Å²) in [6.45, 7) is 3.89. The van der Waals surface area contributed by atoms with Crippen LogP contribution in [0.5, 0.6) is 5.75 Å². The minimum absolute atomic E-state index is 0.174. The molecule has 2 atom stereocenters. The van der Waals surface area contributed by atoms with E-state index >= 15 is 0 Å². The van der Waals surface area contributed by atoms with E-state index in [1.54, 1.807) is 13.0 Å². The number of carbonyl (C=O) groups is 2. The van der Waals surface area contributed by atoms with Crippen molar-refractivity contribution in [1.29, 1.82) is 0 Å². The Labute approximate surface area is 173 Å². The van der Waals surface area contributed by atoms with Crippen molar-refractivity contribution in [3.8, 4) is 16.2 Å². The van der Waals surface area contributed by atoms with E-state index in [1.807, 2.05) is 61.5 Å². The van der Waals surface area contributed by atoms with Gasteiger partial charge in [0.1, 0.15) is 17.2 Å². The molecule has 1 N–H and O–H groups in total. The fraction of sp³-hybridized carbons (Fsp3) is 0.217. The fourth-order valence-corrected chi connectivity index (χ4v) is 4.31. The highest BCUT2D eigenvalue weighted by atomic mass is 32.1. The van der Waals surface area contributed by atoms with E-state index in [4.69, 9.17) is 9.47 Å². The third-order valence-electron chi connectivity index (χ3n) is 4.84. The van der Waals surface area contributed by atoms with E-state index in [0.717, 1.165) is 27.3 Å². The van der Waals surface area contributed by atoms with Gasteiger partial charge in [0.05, 0.1) is 6.04 Å². The van der Waals surface area contributed by atoms with Crippen molar-refractivity contribution in [3.63, 3.8) is 0 Å². The number of thiophene rings is 1. The van der Waals surface area contributed by atoms with Crippen LogP contribution >= 0.6 is 11.3 Å². The van der Waals surface area contributed by atoms with Gasteiger partial charge in [-0.3, -0.25) is 4.79 Å². The maximum Gasteiger partial charge on any atom is 0.349 e. The second-order valence-corrected chi connectivity index (χ2v) is 7.99. The normalized spacial score (nSPS) is 14.0. The first-order valence-electron chi connectivity index (χ1n) is 9.44. The van der Waals surface area contributed by atoms with Crippen molar-refractivity contribution in [2.45, 2.75) is 32.6 Å². The van der Waals surface area contributed by atoms with Crippen LogP contribution in [0.4, 0.5) is 0 Å². The van der Waals surface area contributed by atoms with Crippen molar-refractivity contribution in [2.24, 2.45) is 0 Å². The second kappa shape index (κ2) is 8.09. The highest BCUT2D eigenvalue weighted by Crippen LogP contribution is 2.42. The van der Waals surface area contributed by atoms with E-state index < -0.39 is 12.1 Å². The van der Waals surface area contributed by atoms with E-state index in [1.165, 1.54) is 11.3 Å². The molecular weight excluding hydrogens is 386 g/mol. The van der Waals surface area contributed by atoms with Crippen molar-refractivity contribution in [3.05, 3.63) is 76.7 Å². The molecule has 0 fully saturated rings. The zero-order chi connectivity index (χ0) is 20.4. The van der Waals surface area contributed by atoms with E-state index in [2.05, 4.69) is 5.32 Å². The molecule has 1 aliphatic rings. The summed E-state index contributed by atoms with van der Waals surface area (Å²) in [5, 5.41) is 2.88. The van der Waals surface area contributed by atoms with Gasteiger partial charge in [0.2, 0.25) is 0 Å².